The van der Waals surface area contributed by atoms with Crippen LogP contribution in [0.3, 0.4) is 0 Å². The third-order valence-electron chi connectivity index (χ3n) is 4.96. The molecule has 0 bridgehead atoms. The molecular weight excluding hydrogens is 410 g/mol. The number of methoxy groups -OCH3 is 3. The molecule has 4 aromatic rings. The van der Waals surface area contributed by atoms with Crippen LogP contribution in [0.1, 0.15) is 10.5 Å². The fourth-order valence-corrected chi connectivity index (χ4v) is 3.38. The van der Waals surface area contributed by atoms with Crippen LogP contribution < -0.4 is 25.1 Å². The molecule has 0 saturated heterocycles. The summed E-state index contributed by atoms with van der Waals surface area (Å²) in [5.74, 6) is 1.12. The number of hydrogen-bond donors (Lipinski definition) is 1. The van der Waals surface area contributed by atoms with E-state index in [-0.39, 0.29) is 11.3 Å². The lowest BCUT2D eigenvalue weighted by Crippen LogP contribution is -2.26. The Hall–Kier alpha value is -4.33. The highest BCUT2D eigenvalue weighted by atomic mass is 16.5. The van der Waals surface area contributed by atoms with Gasteiger partial charge in [-0.3, -0.25) is 9.59 Å². The van der Waals surface area contributed by atoms with Crippen LogP contribution in [-0.4, -0.2) is 37.0 Å². The van der Waals surface area contributed by atoms with Crippen LogP contribution in [0.5, 0.6) is 17.2 Å². The molecule has 1 aromatic heterocycles. The summed E-state index contributed by atoms with van der Waals surface area (Å²) in [6.45, 7) is 0. The van der Waals surface area contributed by atoms with E-state index in [1.807, 2.05) is 0 Å². The molecule has 162 valence electrons. The van der Waals surface area contributed by atoms with Gasteiger partial charge in [0.05, 0.1) is 32.4 Å². The number of hydrogen-bond acceptors (Lipinski definition) is 6. The minimum atomic E-state index is -0.468. The van der Waals surface area contributed by atoms with Crippen LogP contribution in [0, 0.1) is 0 Å². The number of anilines is 1. The lowest BCUT2D eigenvalue weighted by molar-refractivity contribution is 0.102. The van der Waals surface area contributed by atoms with Gasteiger partial charge >= 0.3 is 0 Å². The van der Waals surface area contributed by atoms with Crippen LogP contribution in [-0.2, 0) is 0 Å². The number of amides is 1. The highest BCUT2D eigenvalue weighted by Crippen LogP contribution is 2.30. The molecule has 1 N–H and O–H groups in total. The Morgan fingerprint density at radius 2 is 1.59 bits per heavy atom. The number of nitrogens with zero attached hydrogens (tertiary/aromatic N) is 2. The van der Waals surface area contributed by atoms with E-state index in [0.717, 1.165) is 0 Å². The first-order valence-corrected chi connectivity index (χ1v) is 9.75. The third-order valence-corrected chi connectivity index (χ3v) is 4.96. The van der Waals surface area contributed by atoms with Gasteiger partial charge in [-0.25, -0.2) is 0 Å². The SMILES string of the molecule is COc1cccc(-n2nc(C(=O)Nc3ccc(OC)c(OC)c3)c3ccccc3c2=O)c1. The fourth-order valence-electron chi connectivity index (χ4n) is 3.38. The van der Waals surface area contributed by atoms with Crippen molar-refractivity contribution in [3.8, 4) is 22.9 Å². The smallest absolute Gasteiger partial charge is 0.279 e. The average Bonchev–Trinajstić information content (AvgIpc) is 2.84. The van der Waals surface area contributed by atoms with E-state index in [9.17, 15) is 9.59 Å². The van der Waals surface area contributed by atoms with Gasteiger partial charge in [0.2, 0.25) is 0 Å². The highest BCUT2D eigenvalue weighted by molar-refractivity contribution is 6.11. The van der Waals surface area contributed by atoms with E-state index in [1.165, 1.54) is 26.0 Å². The van der Waals surface area contributed by atoms with Crippen molar-refractivity contribution in [3.63, 3.8) is 0 Å². The summed E-state index contributed by atoms with van der Waals surface area (Å²) in [5.41, 5.74) is 0.757. The van der Waals surface area contributed by atoms with Gasteiger partial charge in [0.15, 0.2) is 17.2 Å². The van der Waals surface area contributed by atoms with Gasteiger partial charge in [0.1, 0.15) is 5.75 Å². The van der Waals surface area contributed by atoms with Crippen LogP contribution in [0.15, 0.2) is 71.5 Å². The van der Waals surface area contributed by atoms with Gasteiger partial charge in [-0.1, -0.05) is 24.3 Å². The minimum absolute atomic E-state index is 0.109. The topological polar surface area (TPSA) is 91.7 Å². The second-order valence-electron chi connectivity index (χ2n) is 6.84. The van der Waals surface area contributed by atoms with E-state index in [2.05, 4.69) is 10.4 Å². The quantitative estimate of drug-likeness (QED) is 0.501. The van der Waals surface area contributed by atoms with E-state index >= 15 is 0 Å². The van der Waals surface area contributed by atoms with E-state index in [1.54, 1.807) is 66.7 Å². The standard InChI is InChI=1S/C24H21N3O5/c1-30-17-8-6-7-16(14-17)27-24(29)19-10-5-4-9-18(19)22(26-27)23(28)25-15-11-12-20(31-2)21(13-15)32-3/h4-14H,1-3H3,(H,25,28). The number of aromatic nitrogens is 2. The molecule has 0 unspecified atom stereocenters. The monoisotopic (exact) mass is 431 g/mol. The number of rotatable bonds is 6. The average molecular weight is 431 g/mol. The minimum Gasteiger partial charge on any atom is -0.497 e. The van der Waals surface area contributed by atoms with Gasteiger partial charge in [-0.15, -0.1) is 0 Å². The van der Waals surface area contributed by atoms with Gasteiger partial charge in [-0.05, 0) is 30.3 Å². The zero-order chi connectivity index (χ0) is 22.7. The van der Waals surface area contributed by atoms with E-state index in [0.29, 0.717) is 39.4 Å². The first kappa shape index (κ1) is 20.9. The maximum atomic E-state index is 13.2. The molecule has 1 amide bonds. The number of ether oxygens (including phenoxy) is 3. The molecule has 0 fully saturated rings. The number of nitrogens with one attached hydrogen (secondary N) is 1. The molecule has 0 atom stereocenters. The molecule has 0 spiro atoms. The summed E-state index contributed by atoms with van der Waals surface area (Å²) in [7, 11) is 4.59. The Bertz CT molecular complexity index is 1360. The number of benzene rings is 3. The van der Waals surface area contributed by atoms with Crippen LogP contribution in [0.25, 0.3) is 16.5 Å². The largest absolute Gasteiger partial charge is 0.497 e. The van der Waals surface area contributed by atoms with Crippen molar-refractivity contribution < 1.29 is 19.0 Å². The summed E-state index contributed by atoms with van der Waals surface area (Å²) >= 11 is 0. The Morgan fingerprint density at radius 3 is 2.31 bits per heavy atom. The molecule has 8 heteroatoms. The van der Waals surface area contributed by atoms with Gasteiger partial charge in [0, 0.05) is 23.2 Å². The van der Waals surface area contributed by atoms with Crippen LogP contribution in [0.4, 0.5) is 5.69 Å². The zero-order valence-corrected chi connectivity index (χ0v) is 17.8. The third kappa shape index (κ3) is 3.85. The maximum Gasteiger partial charge on any atom is 0.279 e. The van der Waals surface area contributed by atoms with Crippen molar-refractivity contribution in [2.45, 2.75) is 0 Å². The molecule has 3 aromatic carbocycles. The van der Waals surface area contributed by atoms with Crippen molar-refractivity contribution >= 4 is 22.4 Å². The van der Waals surface area contributed by atoms with Crippen LogP contribution in [0.2, 0.25) is 0 Å². The molecule has 4 rings (SSSR count). The van der Waals surface area contributed by atoms with Crippen molar-refractivity contribution in [2.75, 3.05) is 26.6 Å². The Labute approximate surface area is 184 Å². The molecule has 0 aliphatic heterocycles. The molecule has 0 radical (unpaired) electrons. The van der Waals surface area contributed by atoms with Crippen molar-refractivity contribution in [1.82, 2.24) is 9.78 Å². The number of carbonyl (C=O) groups excluding carboxylic acids is 1. The predicted octanol–water partition coefficient (Wildman–Crippen LogP) is 3.66. The maximum absolute atomic E-state index is 13.2. The molecular formula is C24H21N3O5. The van der Waals surface area contributed by atoms with Crippen LogP contribution >= 0.6 is 0 Å². The molecule has 32 heavy (non-hydrogen) atoms. The zero-order valence-electron chi connectivity index (χ0n) is 17.8. The fraction of sp³-hybridized carbons (Fsp3) is 0.125. The lowest BCUT2D eigenvalue weighted by atomic mass is 10.1. The lowest BCUT2D eigenvalue weighted by Gasteiger charge is -2.13. The highest BCUT2D eigenvalue weighted by Gasteiger charge is 2.18. The summed E-state index contributed by atoms with van der Waals surface area (Å²) in [4.78, 5) is 26.3. The Balaban J connectivity index is 1.82. The number of carbonyl (C=O) groups is 1. The molecule has 0 aliphatic carbocycles. The molecule has 0 aliphatic rings. The van der Waals surface area contributed by atoms with Crippen molar-refractivity contribution in [2.24, 2.45) is 0 Å². The van der Waals surface area contributed by atoms with Gasteiger partial charge < -0.3 is 19.5 Å². The second-order valence-corrected chi connectivity index (χ2v) is 6.84. The first-order chi connectivity index (χ1) is 15.5. The van der Waals surface area contributed by atoms with Gasteiger partial charge in [-0.2, -0.15) is 9.78 Å². The summed E-state index contributed by atoms with van der Waals surface area (Å²) in [6, 6.07) is 18.8. The second kappa shape index (κ2) is 8.81. The Kier molecular flexibility index (Phi) is 5.76. The molecule has 1 heterocycles. The van der Waals surface area contributed by atoms with E-state index in [4.69, 9.17) is 14.2 Å². The first-order valence-electron chi connectivity index (χ1n) is 9.75. The predicted molar refractivity (Wildman–Crippen MR) is 121 cm³/mol. The van der Waals surface area contributed by atoms with E-state index < -0.39 is 5.91 Å². The van der Waals surface area contributed by atoms with Crippen molar-refractivity contribution in [1.29, 1.82) is 0 Å². The summed E-state index contributed by atoms with van der Waals surface area (Å²) < 4.78 is 17.0. The summed E-state index contributed by atoms with van der Waals surface area (Å²) in [5, 5.41) is 8.05. The van der Waals surface area contributed by atoms with Gasteiger partial charge in [0.25, 0.3) is 11.5 Å². The molecule has 0 saturated carbocycles. The molecule has 8 nitrogen and oxygen atoms in total. The Morgan fingerprint density at radius 1 is 0.844 bits per heavy atom. The van der Waals surface area contributed by atoms with Crippen molar-refractivity contribution in [3.05, 3.63) is 82.8 Å². The summed E-state index contributed by atoms with van der Waals surface area (Å²) in [6.07, 6.45) is 0. The number of fused-ring (bicyclic) bond motifs is 1. The normalized spacial score (nSPS) is 10.6.